The Hall–Kier alpha value is -1.26. The van der Waals surface area contributed by atoms with Crippen LogP contribution in [0.2, 0.25) is 5.02 Å². The van der Waals surface area contributed by atoms with E-state index in [0.29, 0.717) is 41.9 Å². The third-order valence-corrected chi connectivity index (χ3v) is 2.94. The molecule has 0 fully saturated rings. The Morgan fingerprint density at radius 2 is 2.16 bits per heavy atom. The average molecular weight is 285 g/mol. The summed E-state index contributed by atoms with van der Waals surface area (Å²) < 4.78 is 5.41. The van der Waals surface area contributed by atoms with E-state index in [2.05, 4.69) is 19.2 Å². The number of benzene rings is 1. The third kappa shape index (κ3) is 5.94. The Bertz CT molecular complexity index is 422. The van der Waals surface area contributed by atoms with Gasteiger partial charge in [-0.1, -0.05) is 25.4 Å². The van der Waals surface area contributed by atoms with E-state index in [1.54, 1.807) is 18.2 Å². The number of halogens is 1. The van der Waals surface area contributed by atoms with Crippen LogP contribution in [0.3, 0.4) is 0 Å². The van der Waals surface area contributed by atoms with Gasteiger partial charge in [-0.25, -0.2) is 0 Å². The number of nitrogen functional groups attached to an aromatic ring is 1. The van der Waals surface area contributed by atoms with Crippen molar-refractivity contribution in [2.75, 3.05) is 25.5 Å². The summed E-state index contributed by atoms with van der Waals surface area (Å²) in [6, 6.07) is 4.84. The first-order chi connectivity index (χ1) is 9.00. The van der Waals surface area contributed by atoms with Gasteiger partial charge in [-0.05, 0) is 30.5 Å². The van der Waals surface area contributed by atoms with Gasteiger partial charge in [0.2, 0.25) is 0 Å². The number of hydrogen-bond acceptors (Lipinski definition) is 3. The summed E-state index contributed by atoms with van der Waals surface area (Å²) in [4.78, 5) is 11.9. The molecule has 0 radical (unpaired) electrons. The molecule has 0 aromatic heterocycles. The van der Waals surface area contributed by atoms with E-state index in [1.165, 1.54) is 0 Å². The molecule has 0 saturated carbocycles. The van der Waals surface area contributed by atoms with Crippen LogP contribution in [-0.2, 0) is 4.74 Å². The van der Waals surface area contributed by atoms with Crippen LogP contribution in [0.1, 0.15) is 30.6 Å². The normalized spacial score (nSPS) is 10.7. The van der Waals surface area contributed by atoms with E-state index in [-0.39, 0.29) is 5.91 Å². The molecule has 0 spiro atoms. The van der Waals surface area contributed by atoms with Gasteiger partial charge in [-0.15, -0.1) is 0 Å². The minimum atomic E-state index is -0.232. The maximum atomic E-state index is 11.9. The van der Waals surface area contributed by atoms with Crippen LogP contribution in [0, 0.1) is 5.92 Å². The Kier molecular flexibility index (Phi) is 6.67. The molecular formula is C14H21ClN2O2. The number of carbonyl (C=O) groups excluding carboxylic acids is 1. The highest BCUT2D eigenvalue weighted by Crippen LogP contribution is 2.18. The lowest BCUT2D eigenvalue weighted by molar-refractivity contribution is 0.0906. The molecule has 1 aromatic rings. The maximum absolute atomic E-state index is 11.9. The monoisotopic (exact) mass is 284 g/mol. The van der Waals surface area contributed by atoms with Crippen molar-refractivity contribution in [1.29, 1.82) is 0 Å². The molecule has 0 aliphatic rings. The summed E-state index contributed by atoms with van der Waals surface area (Å²) in [5.41, 5.74) is 6.53. The van der Waals surface area contributed by atoms with Crippen molar-refractivity contribution in [1.82, 2.24) is 5.32 Å². The highest BCUT2D eigenvalue weighted by Gasteiger charge is 2.09. The van der Waals surface area contributed by atoms with E-state index in [0.717, 1.165) is 6.42 Å². The summed E-state index contributed by atoms with van der Waals surface area (Å²) in [6.07, 6.45) is 1.02. The molecule has 106 valence electrons. The smallest absolute Gasteiger partial charge is 0.252 e. The molecule has 1 aromatic carbocycles. The second kappa shape index (κ2) is 8.02. The second-order valence-corrected chi connectivity index (χ2v) is 5.20. The van der Waals surface area contributed by atoms with Crippen molar-refractivity contribution in [3.05, 3.63) is 28.8 Å². The van der Waals surface area contributed by atoms with Crippen LogP contribution in [-0.4, -0.2) is 25.7 Å². The zero-order valence-corrected chi connectivity index (χ0v) is 12.2. The minimum Gasteiger partial charge on any atom is -0.399 e. The summed E-state index contributed by atoms with van der Waals surface area (Å²) in [5, 5.41) is 3.15. The topological polar surface area (TPSA) is 64.3 Å². The third-order valence-electron chi connectivity index (χ3n) is 2.61. The highest BCUT2D eigenvalue weighted by molar-refractivity contribution is 6.34. The fourth-order valence-electron chi connectivity index (χ4n) is 1.47. The molecule has 0 unspecified atom stereocenters. The summed E-state index contributed by atoms with van der Waals surface area (Å²) >= 11 is 5.94. The SMILES string of the molecule is CC(C)CCOCCNC(=O)c1cc(N)ccc1Cl. The lowest BCUT2D eigenvalue weighted by Crippen LogP contribution is -2.27. The first kappa shape index (κ1) is 15.8. The van der Waals surface area contributed by atoms with E-state index in [4.69, 9.17) is 22.1 Å². The number of carbonyl (C=O) groups is 1. The number of hydrogen-bond donors (Lipinski definition) is 2. The van der Waals surface area contributed by atoms with Gasteiger partial charge in [-0.2, -0.15) is 0 Å². The average Bonchev–Trinajstić information content (AvgIpc) is 2.36. The van der Waals surface area contributed by atoms with Gasteiger partial charge in [-0.3, -0.25) is 4.79 Å². The van der Waals surface area contributed by atoms with Crippen LogP contribution in [0.5, 0.6) is 0 Å². The van der Waals surface area contributed by atoms with Crippen molar-refractivity contribution in [2.45, 2.75) is 20.3 Å². The molecule has 0 heterocycles. The zero-order valence-electron chi connectivity index (χ0n) is 11.4. The molecule has 1 rings (SSSR count). The number of amides is 1. The first-order valence-corrected chi connectivity index (χ1v) is 6.79. The molecule has 5 heteroatoms. The molecule has 3 N–H and O–H groups in total. The number of nitrogens with two attached hydrogens (primary N) is 1. The van der Waals surface area contributed by atoms with Crippen LogP contribution in [0.15, 0.2) is 18.2 Å². The molecule has 0 aliphatic carbocycles. The highest BCUT2D eigenvalue weighted by atomic mass is 35.5. The molecule has 4 nitrogen and oxygen atoms in total. The van der Waals surface area contributed by atoms with Gasteiger partial charge in [0.05, 0.1) is 17.2 Å². The lowest BCUT2D eigenvalue weighted by Gasteiger charge is -2.09. The van der Waals surface area contributed by atoms with Crippen LogP contribution in [0.25, 0.3) is 0 Å². The quantitative estimate of drug-likeness (QED) is 0.598. The molecule has 0 saturated heterocycles. The van der Waals surface area contributed by atoms with E-state index >= 15 is 0 Å². The van der Waals surface area contributed by atoms with Crippen molar-refractivity contribution < 1.29 is 9.53 Å². The van der Waals surface area contributed by atoms with Crippen LogP contribution < -0.4 is 11.1 Å². The van der Waals surface area contributed by atoms with Crippen molar-refractivity contribution >= 4 is 23.2 Å². The fraction of sp³-hybridized carbons (Fsp3) is 0.500. The Labute approximate surface area is 119 Å². The first-order valence-electron chi connectivity index (χ1n) is 6.41. The van der Waals surface area contributed by atoms with Gasteiger partial charge in [0, 0.05) is 18.8 Å². The second-order valence-electron chi connectivity index (χ2n) is 4.79. The standard InChI is InChI=1S/C14H21ClN2O2/c1-10(2)5-7-19-8-6-17-14(18)12-9-11(16)3-4-13(12)15/h3-4,9-10H,5-8,16H2,1-2H3,(H,17,18). The zero-order chi connectivity index (χ0) is 14.3. The van der Waals surface area contributed by atoms with Crippen LogP contribution >= 0.6 is 11.6 Å². The van der Waals surface area contributed by atoms with Crippen molar-refractivity contribution in [3.63, 3.8) is 0 Å². The summed E-state index contributed by atoms with van der Waals surface area (Å²) in [5.74, 6) is 0.394. The van der Waals surface area contributed by atoms with E-state index in [1.807, 2.05) is 0 Å². The maximum Gasteiger partial charge on any atom is 0.252 e. The largest absolute Gasteiger partial charge is 0.399 e. The molecule has 19 heavy (non-hydrogen) atoms. The molecule has 0 bridgehead atoms. The summed E-state index contributed by atoms with van der Waals surface area (Å²) in [6.45, 7) is 5.97. The number of anilines is 1. The minimum absolute atomic E-state index is 0.232. The van der Waals surface area contributed by atoms with Gasteiger partial charge in [0.1, 0.15) is 0 Å². The molecule has 0 aliphatic heterocycles. The van der Waals surface area contributed by atoms with Gasteiger partial charge >= 0.3 is 0 Å². The van der Waals surface area contributed by atoms with E-state index < -0.39 is 0 Å². The Balaban J connectivity index is 2.29. The van der Waals surface area contributed by atoms with E-state index in [9.17, 15) is 4.79 Å². The van der Waals surface area contributed by atoms with Crippen molar-refractivity contribution in [2.24, 2.45) is 5.92 Å². The summed E-state index contributed by atoms with van der Waals surface area (Å²) in [7, 11) is 0. The molecule has 1 amide bonds. The number of nitrogens with one attached hydrogen (secondary N) is 1. The Morgan fingerprint density at radius 3 is 2.84 bits per heavy atom. The fourth-order valence-corrected chi connectivity index (χ4v) is 1.67. The van der Waals surface area contributed by atoms with Crippen LogP contribution in [0.4, 0.5) is 5.69 Å². The lowest BCUT2D eigenvalue weighted by atomic mass is 10.1. The predicted octanol–water partition coefficient (Wildman–Crippen LogP) is 2.71. The predicted molar refractivity (Wildman–Crippen MR) is 78.5 cm³/mol. The number of ether oxygens (including phenoxy) is 1. The number of rotatable bonds is 7. The molecular weight excluding hydrogens is 264 g/mol. The molecule has 0 atom stereocenters. The van der Waals surface area contributed by atoms with Crippen molar-refractivity contribution in [3.8, 4) is 0 Å². The Morgan fingerprint density at radius 1 is 1.42 bits per heavy atom. The van der Waals surface area contributed by atoms with Gasteiger partial charge in [0.15, 0.2) is 0 Å². The van der Waals surface area contributed by atoms with Gasteiger partial charge < -0.3 is 15.8 Å². The van der Waals surface area contributed by atoms with Gasteiger partial charge in [0.25, 0.3) is 5.91 Å².